The zero-order chi connectivity index (χ0) is 15.6. The van der Waals surface area contributed by atoms with Crippen LogP contribution in [0.1, 0.15) is 5.56 Å². The van der Waals surface area contributed by atoms with Gasteiger partial charge in [0.05, 0.1) is 19.2 Å². The zero-order valence-corrected chi connectivity index (χ0v) is 12.3. The highest BCUT2D eigenvalue weighted by Gasteiger charge is 2.16. The normalized spacial score (nSPS) is 10.6. The Morgan fingerprint density at radius 3 is 2.10 bits per heavy atom. The first-order valence-corrected chi connectivity index (χ1v) is 6.49. The van der Waals surface area contributed by atoms with Crippen LogP contribution in [0.2, 0.25) is 5.02 Å². The van der Waals surface area contributed by atoms with Crippen LogP contribution in [-0.4, -0.2) is 14.2 Å². The summed E-state index contributed by atoms with van der Waals surface area (Å²) in [5.74, 6) is -1.03. The minimum Gasteiger partial charge on any atom is -0.493 e. The smallest absolute Gasteiger partial charge is 0.161 e. The monoisotopic (exact) mass is 313 g/mol. The fraction of sp³-hybridized carbons (Fsp3) is 0.200. The highest BCUT2D eigenvalue weighted by atomic mass is 35.5. The maximum atomic E-state index is 13.5. The van der Waals surface area contributed by atoms with Gasteiger partial charge in [-0.3, -0.25) is 0 Å². The van der Waals surface area contributed by atoms with E-state index in [2.05, 4.69) is 0 Å². The van der Waals surface area contributed by atoms with Crippen molar-refractivity contribution in [3.8, 4) is 22.6 Å². The molecule has 2 aromatic carbocycles. The molecule has 0 aliphatic heterocycles. The lowest BCUT2D eigenvalue weighted by Gasteiger charge is -2.15. The Morgan fingerprint density at radius 1 is 0.952 bits per heavy atom. The van der Waals surface area contributed by atoms with E-state index in [1.165, 1.54) is 14.2 Å². The minimum atomic E-state index is -1.00. The zero-order valence-electron chi connectivity index (χ0n) is 11.5. The number of nitrogens with two attached hydrogens (primary N) is 1. The molecule has 0 radical (unpaired) electrons. The molecule has 2 N–H and O–H groups in total. The maximum Gasteiger partial charge on any atom is 0.161 e. The molecule has 0 aliphatic rings. The number of hydrogen-bond acceptors (Lipinski definition) is 3. The van der Waals surface area contributed by atoms with Gasteiger partial charge in [0.2, 0.25) is 0 Å². The van der Waals surface area contributed by atoms with Crippen LogP contribution in [0.15, 0.2) is 24.3 Å². The van der Waals surface area contributed by atoms with E-state index in [9.17, 15) is 8.78 Å². The van der Waals surface area contributed by atoms with Crippen LogP contribution in [0.3, 0.4) is 0 Å². The van der Waals surface area contributed by atoms with Gasteiger partial charge in [-0.15, -0.1) is 0 Å². The van der Waals surface area contributed by atoms with Crippen LogP contribution in [0.5, 0.6) is 11.5 Å². The first-order chi connectivity index (χ1) is 10.0. The summed E-state index contributed by atoms with van der Waals surface area (Å²) >= 11 is 6.01. The minimum absolute atomic E-state index is 0.0934. The van der Waals surface area contributed by atoms with Crippen LogP contribution in [-0.2, 0) is 6.54 Å². The maximum absolute atomic E-state index is 13.5. The molecule has 0 heterocycles. The average molecular weight is 314 g/mol. The van der Waals surface area contributed by atoms with Crippen molar-refractivity contribution in [3.63, 3.8) is 0 Å². The topological polar surface area (TPSA) is 44.5 Å². The quantitative estimate of drug-likeness (QED) is 0.874. The number of rotatable bonds is 4. The second-order valence-corrected chi connectivity index (χ2v) is 4.72. The third-order valence-electron chi connectivity index (χ3n) is 3.13. The van der Waals surface area contributed by atoms with Crippen LogP contribution in [0.4, 0.5) is 8.78 Å². The van der Waals surface area contributed by atoms with E-state index in [1.54, 1.807) is 12.1 Å². The molecule has 2 aromatic rings. The Kier molecular flexibility index (Phi) is 4.65. The first-order valence-electron chi connectivity index (χ1n) is 6.11. The van der Waals surface area contributed by atoms with Gasteiger partial charge in [0.25, 0.3) is 0 Å². The molecule has 0 amide bonds. The molecule has 112 valence electrons. The van der Waals surface area contributed by atoms with Crippen molar-refractivity contribution < 1.29 is 18.3 Å². The molecule has 0 aliphatic carbocycles. The lowest BCUT2D eigenvalue weighted by atomic mass is 9.98. The summed E-state index contributed by atoms with van der Waals surface area (Å²) in [7, 11) is 2.99. The molecular formula is C15H14ClF2NO2. The summed E-state index contributed by atoms with van der Waals surface area (Å²) in [5, 5.41) is 0.0934. The molecule has 0 saturated heterocycles. The van der Waals surface area contributed by atoms with E-state index < -0.39 is 11.6 Å². The molecule has 21 heavy (non-hydrogen) atoms. The Balaban J connectivity index is 2.70. The van der Waals surface area contributed by atoms with Gasteiger partial charge in [0.15, 0.2) is 23.1 Å². The molecule has 0 aromatic heterocycles. The van der Waals surface area contributed by atoms with Crippen molar-refractivity contribution in [3.05, 3.63) is 46.5 Å². The van der Waals surface area contributed by atoms with Crippen molar-refractivity contribution in [1.29, 1.82) is 0 Å². The first kappa shape index (κ1) is 15.5. The Morgan fingerprint density at radius 2 is 1.52 bits per heavy atom. The average Bonchev–Trinajstić information content (AvgIpc) is 2.49. The molecule has 0 unspecified atom stereocenters. The van der Waals surface area contributed by atoms with E-state index in [-0.39, 0.29) is 11.6 Å². The number of benzene rings is 2. The van der Waals surface area contributed by atoms with E-state index in [4.69, 9.17) is 26.8 Å². The largest absolute Gasteiger partial charge is 0.493 e. The van der Waals surface area contributed by atoms with Crippen molar-refractivity contribution in [2.75, 3.05) is 14.2 Å². The van der Waals surface area contributed by atoms with Gasteiger partial charge in [0, 0.05) is 12.1 Å². The van der Waals surface area contributed by atoms with Crippen molar-refractivity contribution in [2.24, 2.45) is 5.73 Å². The fourth-order valence-corrected chi connectivity index (χ4v) is 2.32. The van der Waals surface area contributed by atoms with E-state index in [1.807, 2.05) is 0 Å². The van der Waals surface area contributed by atoms with Gasteiger partial charge in [0.1, 0.15) is 0 Å². The third kappa shape index (κ3) is 2.94. The van der Waals surface area contributed by atoms with E-state index in [0.29, 0.717) is 28.2 Å². The lowest BCUT2D eigenvalue weighted by Crippen LogP contribution is -2.02. The van der Waals surface area contributed by atoms with Crippen molar-refractivity contribution in [2.45, 2.75) is 6.54 Å². The van der Waals surface area contributed by atoms with E-state index in [0.717, 1.165) is 12.1 Å². The third-order valence-corrected chi connectivity index (χ3v) is 3.44. The van der Waals surface area contributed by atoms with E-state index >= 15 is 0 Å². The second-order valence-electron chi connectivity index (χ2n) is 4.31. The van der Waals surface area contributed by atoms with Gasteiger partial charge in [-0.05, 0) is 35.4 Å². The van der Waals surface area contributed by atoms with Gasteiger partial charge in [-0.25, -0.2) is 8.78 Å². The molecule has 0 fully saturated rings. The van der Waals surface area contributed by atoms with Crippen LogP contribution in [0.25, 0.3) is 11.1 Å². The predicted octanol–water partition coefficient (Wildman–Crippen LogP) is 3.76. The number of ether oxygens (including phenoxy) is 2. The molecule has 0 spiro atoms. The SMILES string of the molecule is COc1cc(CN)c(-c2cc(F)c(F)cc2Cl)cc1OC. The van der Waals surface area contributed by atoms with Crippen molar-refractivity contribution in [1.82, 2.24) is 0 Å². The number of halogens is 3. The molecule has 0 atom stereocenters. The van der Waals surface area contributed by atoms with Gasteiger partial charge < -0.3 is 15.2 Å². The summed E-state index contributed by atoms with van der Waals surface area (Å²) in [6.07, 6.45) is 0. The van der Waals surface area contributed by atoms with Crippen LogP contribution < -0.4 is 15.2 Å². The molecule has 3 nitrogen and oxygen atoms in total. The Labute approximate surface area is 126 Å². The van der Waals surface area contributed by atoms with Crippen LogP contribution in [0, 0.1) is 11.6 Å². The molecule has 0 bridgehead atoms. The van der Waals surface area contributed by atoms with Gasteiger partial charge in [-0.1, -0.05) is 11.6 Å². The summed E-state index contributed by atoms with van der Waals surface area (Å²) in [6, 6.07) is 5.30. The Hall–Kier alpha value is -1.85. The second kappa shape index (κ2) is 6.28. The highest BCUT2D eigenvalue weighted by molar-refractivity contribution is 6.33. The summed E-state index contributed by atoms with van der Waals surface area (Å²) in [6.45, 7) is 0.186. The molecule has 0 saturated carbocycles. The summed E-state index contributed by atoms with van der Waals surface area (Å²) in [5.41, 5.74) is 7.31. The lowest BCUT2D eigenvalue weighted by molar-refractivity contribution is 0.354. The molecule has 6 heteroatoms. The predicted molar refractivity (Wildman–Crippen MR) is 77.8 cm³/mol. The number of methoxy groups -OCH3 is 2. The summed E-state index contributed by atoms with van der Waals surface area (Å²) in [4.78, 5) is 0. The van der Waals surface area contributed by atoms with Crippen LogP contribution >= 0.6 is 11.6 Å². The standard InChI is InChI=1S/C15H14ClF2NO2/c1-20-14-3-8(7-19)9(5-15(14)21-2)10-4-12(17)13(18)6-11(10)16/h3-6H,7,19H2,1-2H3. The molecular weight excluding hydrogens is 300 g/mol. The van der Waals surface area contributed by atoms with Gasteiger partial charge >= 0.3 is 0 Å². The van der Waals surface area contributed by atoms with Gasteiger partial charge in [-0.2, -0.15) is 0 Å². The highest BCUT2D eigenvalue weighted by Crippen LogP contribution is 2.38. The van der Waals surface area contributed by atoms with Crippen molar-refractivity contribution >= 4 is 11.6 Å². The fourth-order valence-electron chi connectivity index (χ4n) is 2.07. The number of hydrogen-bond donors (Lipinski definition) is 1. The Bertz CT molecular complexity index is 677. The molecule has 2 rings (SSSR count). The summed E-state index contributed by atoms with van der Waals surface area (Å²) < 4.78 is 37.1.